The summed E-state index contributed by atoms with van der Waals surface area (Å²) in [5.41, 5.74) is -0.920. The van der Waals surface area contributed by atoms with Crippen molar-refractivity contribution in [2.24, 2.45) is 0 Å². The second-order valence-corrected chi connectivity index (χ2v) is 4.50. The number of aromatic nitrogens is 2. The van der Waals surface area contributed by atoms with Crippen LogP contribution in [0, 0.1) is 6.92 Å². The first-order valence-electron chi connectivity index (χ1n) is 5.56. The first kappa shape index (κ1) is 14.3. The van der Waals surface area contributed by atoms with E-state index < -0.39 is 42.4 Å². The molecule has 1 saturated heterocycles. The summed E-state index contributed by atoms with van der Waals surface area (Å²) in [4.78, 5) is 25.1. The van der Waals surface area contributed by atoms with Crippen molar-refractivity contribution in [2.45, 2.75) is 31.5 Å². The van der Waals surface area contributed by atoms with Gasteiger partial charge in [-0.15, -0.1) is 0 Å². The van der Waals surface area contributed by atoms with E-state index in [1.165, 1.54) is 13.1 Å². The van der Waals surface area contributed by atoms with E-state index in [4.69, 9.17) is 14.0 Å². The maximum Gasteiger partial charge on any atom is 0.330 e. The molecule has 4 atom stereocenters. The van der Waals surface area contributed by atoms with E-state index in [9.17, 15) is 14.7 Å². The van der Waals surface area contributed by atoms with Crippen LogP contribution in [0.1, 0.15) is 11.8 Å². The van der Waals surface area contributed by atoms with E-state index in [0.29, 0.717) is 5.56 Å². The van der Waals surface area contributed by atoms with Crippen LogP contribution >= 0.6 is 12.9 Å². The highest BCUT2D eigenvalue weighted by molar-refractivity contribution is 7.75. The fourth-order valence-electron chi connectivity index (χ4n) is 2.00. The maximum atomic E-state index is 11.7. The topological polar surface area (TPSA) is 114 Å². The molecule has 8 nitrogen and oxygen atoms in total. The number of aromatic amines is 1. The van der Waals surface area contributed by atoms with Crippen molar-refractivity contribution < 1.29 is 19.1 Å². The SMILES string of the molecule is Cc1cn([C@@H]2O[C@H](CO)C(OS)C2O)c(=O)[nH]c1=O. The molecule has 1 aliphatic rings. The molecule has 0 saturated carbocycles. The molecule has 2 unspecified atom stereocenters. The molecule has 3 N–H and O–H groups in total. The summed E-state index contributed by atoms with van der Waals surface area (Å²) in [6.45, 7) is 1.13. The molecule has 1 aromatic rings. The van der Waals surface area contributed by atoms with Crippen LogP contribution in [0.5, 0.6) is 0 Å². The molecule has 0 aromatic carbocycles. The number of hydrogen-bond acceptors (Lipinski definition) is 7. The lowest BCUT2D eigenvalue weighted by atomic mass is 10.1. The Kier molecular flexibility index (Phi) is 4.11. The summed E-state index contributed by atoms with van der Waals surface area (Å²) < 4.78 is 11.2. The Bertz CT molecular complexity index is 570. The molecule has 0 amide bonds. The van der Waals surface area contributed by atoms with Gasteiger partial charge in [0.25, 0.3) is 5.56 Å². The van der Waals surface area contributed by atoms with Crippen molar-refractivity contribution in [3.8, 4) is 0 Å². The van der Waals surface area contributed by atoms with Gasteiger partial charge in [0, 0.05) is 11.8 Å². The van der Waals surface area contributed by atoms with Crippen LogP contribution < -0.4 is 11.2 Å². The summed E-state index contributed by atoms with van der Waals surface area (Å²) in [5.74, 6) is 0. The van der Waals surface area contributed by atoms with Gasteiger partial charge in [-0.2, -0.15) is 0 Å². The third-order valence-corrected chi connectivity index (χ3v) is 3.27. The van der Waals surface area contributed by atoms with E-state index in [2.05, 4.69) is 17.9 Å². The molecule has 0 radical (unpaired) electrons. The predicted octanol–water partition coefficient (Wildman–Crippen LogP) is -1.67. The number of H-pyrrole nitrogens is 1. The summed E-state index contributed by atoms with van der Waals surface area (Å²) >= 11 is 3.61. The lowest BCUT2D eigenvalue weighted by Gasteiger charge is -2.18. The molecular weight excluding hydrogens is 276 g/mol. The summed E-state index contributed by atoms with van der Waals surface area (Å²) in [5, 5.41) is 19.1. The molecule has 0 spiro atoms. The molecule has 106 valence electrons. The number of ether oxygens (including phenoxy) is 1. The minimum absolute atomic E-state index is 0.297. The third kappa shape index (κ3) is 2.47. The van der Waals surface area contributed by atoms with Crippen molar-refractivity contribution in [2.75, 3.05) is 6.61 Å². The van der Waals surface area contributed by atoms with Gasteiger partial charge in [-0.3, -0.25) is 14.3 Å². The Morgan fingerprint density at radius 2 is 2.26 bits per heavy atom. The zero-order valence-electron chi connectivity index (χ0n) is 10.0. The van der Waals surface area contributed by atoms with Crippen molar-refractivity contribution in [1.29, 1.82) is 0 Å². The quantitative estimate of drug-likeness (QED) is 0.391. The van der Waals surface area contributed by atoms with Gasteiger partial charge in [-0.1, -0.05) is 0 Å². The zero-order valence-corrected chi connectivity index (χ0v) is 10.9. The van der Waals surface area contributed by atoms with Crippen molar-refractivity contribution in [1.82, 2.24) is 9.55 Å². The number of aliphatic hydroxyl groups excluding tert-OH is 2. The number of aliphatic hydroxyl groups is 2. The Labute approximate surface area is 113 Å². The third-order valence-electron chi connectivity index (χ3n) is 3.03. The first-order valence-corrected chi connectivity index (χ1v) is 5.92. The molecule has 2 heterocycles. The molecule has 1 fully saturated rings. The van der Waals surface area contributed by atoms with E-state index in [-0.39, 0.29) is 0 Å². The van der Waals surface area contributed by atoms with E-state index in [0.717, 1.165) is 4.57 Å². The fraction of sp³-hybridized carbons (Fsp3) is 0.600. The number of nitrogens with one attached hydrogen (secondary N) is 1. The van der Waals surface area contributed by atoms with Gasteiger partial charge in [0.1, 0.15) is 18.3 Å². The second kappa shape index (κ2) is 5.47. The fourth-order valence-corrected chi connectivity index (χ4v) is 2.26. The normalized spacial score (nSPS) is 30.7. The lowest BCUT2D eigenvalue weighted by molar-refractivity contribution is -0.0542. The second-order valence-electron chi connectivity index (χ2n) is 4.29. The number of aryl methyl sites for hydroxylation is 1. The molecular formula is C10H14N2O6S. The predicted molar refractivity (Wildman–Crippen MR) is 66.9 cm³/mol. The summed E-state index contributed by atoms with van der Waals surface area (Å²) in [6.07, 6.45) is -2.66. The number of nitrogens with zero attached hydrogens (tertiary/aromatic N) is 1. The largest absolute Gasteiger partial charge is 0.394 e. The lowest BCUT2D eigenvalue weighted by Crippen LogP contribution is -2.38. The van der Waals surface area contributed by atoms with Gasteiger partial charge in [-0.05, 0) is 19.8 Å². The van der Waals surface area contributed by atoms with E-state index in [1.54, 1.807) is 0 Å². The van der Waals surface area contributed by atoms with Gasteiger partial charge < -0.3 is 19.1 Å². The van der Waals surface area contributed by atoms with E-state index in [1.807, 2.05) is 0 Å². The number of hydrogen-bond donors (Lipinski definition) is 4. The van der Waals surface area contributed by atoms with Gasteiger partial charge in [0.15, 0.2) is 6.23 Å². The van der Waals surface area contributed by atoms with Crippen LogP contribution in [0.2, 0.25) is 0 Å². The number of thiol groups is 1. The first-order chi connectivity index (χ1) is 8.99. The highest BCUT2D eigenvalue weighted by Gasteiger charge is 2.45. The standard InChI is InChI=1S/C10H14N2O6S/c1-4-2-12(10(16)11-8(4)15)9-6(14)7(18-19)5(3-13)17-9/h2,5-7,9,13-14,19H,3H2,1H3,(H,11,15,16)/t5-,6?,7?,9-/m1/s1. The van der Waals surface area contributed by atoms with Crippen LogP contribution in [0.25, 0.3) is 0 Å². The van der Waals surface area contributed by atoms with Crippen LogP contribution in [0.4, 0.5) is 0 Å². The van der Waals surface area contributed by atoms with Gasteiger partial charge in [0.2, 0.25) is 0 Å². The Hall–Kier alpha value is -1.13. The van der Waals surface area contributed by atoms with Gasteiger partial charge >= 0.3 is 5.69 Å². The average molecular weight is 290 g/mol. The summed E-state index contributed by atoms with van der Waals surface area (Å²) in [7, 11) is 0. The minimum Gasteiger partial charge on any atom is -0.394 e. The molecule has 1 aromatic heterocycles. The Morgan fingerprint density at radius 1 is 1.58 bits per heavy atom. The molecule has 0 aliphatic carbocycles. The maximum absolute atomic E-state index is 11.7. The van der Waals surface area contributed by atoms with Crippen LogP contribution in [0.15, 0.2) is 15.8 Å². The van der Waals surface area contributed by atoms with Gasteiger partial charge in [0.05, 0.1) is 6.61 Å². The molecule has 2 rings (SSSR count). The minimum atomic E-state index is -1.20. The van der Waals surface area contributed by atoms with Crippen LogP contribution in [0.3, 0.4) is 0 Å². The van der Waals surface area contributed by atoms with Gasteiger partial charge in [-0.25, -0.2) is 4.79 Å². The monoisotopic (exact) mass is 290 g/mol. The molecule has 0 bridgehead atoms. The molecule has 19 heavy (non-hydrogen) atoms. The summed E-state index contributed by atoms with van der Waals surface area (Å²) in [6, 6.07) is 0. The van der Waals surface area contributed by atoms with Crippen LogP contribution in [-0.2, 0) is 8.92 Å². The zero-order chi connectivity index (χ0) is 14.2. The highest BCUT2D eigenvalue weighted by Crippen LogP contribution is 2.30. The highest BCUT2D eigenvalue weighted by atomic mass is 32.1. The number of rotatable bonds is 3. The Morgan fingerprint density at radius 3 is 2.79 bits per heavy atom. The van der Waals surface area contributed by atoms with Crippen molar-refractivity contribution in [3.05, 3.63) is 32.6 Å². The van der Waals surface area contributed by atoms with Crippen LogP contribution in [-0.4, -0.2) is 44.7 Å². The Balaban J connectivity index is 2.41. The average Bonchev–Trinajstić information content (AvgIpc) is 2.70. The van der Waals surface area contributed by atoms with Crippen molar-refractivity contribution in [3.63, 3.8) is 0 Å². The van der Waals surface area contributed by atoms with Crippen molar-refractivity contribution >= 4 is 12.9 Å². The van der Waals surface area contributed by atoms with E-state index >= 15 is 0 Å². The molecule has 9 heteroatoms. The molecule has 1 aliphatic heterocycles. The smallest absolute Gasteiger partial charge is 0.330 e.